The molecule has 0 aromatic heterocycles. The van der Waals surface area contributed by atoms with E-state index in [-0.39, 0.29) is 0 Å². The zero-order valence-electron chi connectivity index (χ0n) is 13.3. The summed E-state index contributed by atoms with van der Waals surface area (Å²) >= 11 is 0. The van der Waals surface area contributed by atoms with E-state index in [9.17, 15) is 0 Å². The fraction of sp³-hybridized carbons (Fsp3) is 0.429. The van der Waals surface area contributed by atoms with Gasteiger partial charge < -0.3 is 0 Å². The molecule has 0 N–H and O–H groups in total. The molecule has 0 spiro atoms. The van der Waals surface area contributed by atoms with Crippen molar-refractivity contribution in [2.24, 2.45) is 17.3 Å². The molecule has 0 bridgehead atoms. The van der Waals surface area contributed by atoms with Gasteiger partial charge in [-0.15, -0.1) is 0 Å². The fourth-order valence-electron chi connectivity index (χ4n) is 3.84. The van der Waals surface area contributed by atoms with Gasteiger partial charge in [0.05, 0.1) is 0 Å². The molecular weight excluding hydrogens is 252 g/mol. The van der Waals surface area contributed by atoms with Crippen molar-refractivity contribution in [3.8, 4) is 0 Å². The molecule has 0 nitrogen and oxygen atoms in total. The van der Waals surface area contributed by atoms with Crippen LogP contribution < -0.4 is 0 Å². The Kier molecular flexibility index (Phi) is 4.14. The van der Waals surface area contributed by atoms with Crippen LogP contribution in [0.4, 0.5) is 0 Å². The maximum Gasteiger partial charge on any atom is -0.0165 e. The van der Waals surface area contributed by atoms with Crippen molar-refractivity contribution in [2.75, 3.05) is 0 Å². The van der Waals surface area contributed by atoms with Gasteiger partial charge in [-0.3, -0.25) is 0 Å². The number of rotatable bonds is 6. The SMILES string of the molecule is CC(C)C(Cc1ccccc1)(Cc1ccccc1)C1CC1. The molecule has 1 fully saturated rings. The van der Waals surface area contributed by atoms with Gasteiger partial charge in [0.1, 0.15) is 0 Å². The van der Waals surface area contributed by atoms with Gasteiger partial charge in [0.25, 0.3) is 0 Å². The Morgan fingerprint density at radius 3 is 1.57 bits per heavy atom. The Hall–Kier alpha value is -1.56. The second-order valence-electron chi connectivity index (χ2n) is 6.99. The first-order valence-corrected chi connectivity index (χ1v) is 8.28. The zero-order valence-corrected chi connectivity index (χ0v) is 13.3. The standard InChI is InChI=1S/C21H26/c1-17(2)21(20-13-14-20,15-18-9-5-3-6-10-18)16-19-11-7-4-8-12-19/h3-12,17,20H,13-16H2,1-2H3. The second-order valence-corrected chi connectivity index (χ2v) is 6.99. The van der Waals surface area contributed by atoms with Crippen LogP contribution in [0, 0.1) is 17.3 Å². The van der Waals surface area contributed by atoms with Crippen LogP contribution in [0.1, 0.15) is 37.8 Å². The van der Waals surface area contributed by atoms with E-state index in [1.807, 2.05) is 0 Å². The number of benzene rings is 2. The molecule has 21 heavy (non-hydrogen) atoms. The average molecular weight is 278 g/mol. The predicted molar refractivity (Wildman–Crippen MR) is 90.3 cm³/mol. The highest BCUT2D eigenvalue weighted by molar-refractivity contribution is 5.22. The van der Waals surface area contributed by atoms with Gasteiger partial charge in [0, 0.05) is 0 Å². The lowest BCUT2D eigenvalue weighted by atomic mass is 9.65. The van der Waals surface area contributed by atoms with Crippen molar-refractivity contribution in [1.82, 2.24) is 0 Å². The first-order chi connectivity index (χ1) is 10.2. The van der Waals surface area contributed by atoms with E-state index < -0.39 is 0 Å². The van der Waals surface area contributed by atoms with Gasteiger partial charge in [-0.2, -0.15) is 0 Å². The van der Waals surface area contributed by atoms with Crippen LogP contribution in [0.25, 0.3) is 0 Å². The molecule has 2 aromatic rings. The summed E-state index contributed by atoms with van der Waals surface area (Å²) in [7, 11) is 0. The summed E-state index contributed by atoms with van der Waals surface area (Å²) < 4.78 is 0. The summed E-state index contributed by atoms with van der Waals surface area (Å²) in [6.07, 6.45) is 5.26. The van der Waals surface area contributed by atoms with Gasteiger partial charge in [0.2, 0.25) is 0 Å². The zero-order chi connectivity index (χ0) is 14.7. The van der Waals surface area contributed by atoms with Crippen LogP contribution >= 0.6 is 0 Å². The molecule has 3 rings (SSSR count). The van der Waals surface area contributed by atoms with Crippen LogP contribution in [-0.2, 0) is 12.8 Å². The van der Waals surface area contributed by atoms with E-state index in [0.29, 0.717) is 11.3 Å². The summed E-state index contributed by atoms with van der Waals surface area (Å²) in [5, 5.41) is 0. The van der Waals surface area contributed by atoms with Crippen LogP contribution in [0.3, 0.4) is 0 Å². The summed E-state index contributed by atoms with van der Waals surface area (Å²) in [5.41, 5.74) is 3.41. The quantitative estimate of drug-likeness (QED) is 0.652. The van der Waals surface area contributed by atoms with Crippen molar-refractivity contribution in [1.29, 1.82) is 0 Å². The van der Waals surface area contributed by atoms with E-state index in [4.69, 9.17) is 0 Å². The molecular formula is C21H26. The third-order valence-electron chi connectivity index (χ3n) is 5.29. The van der Waals surface area contributed by atoms with Crippen molar-refractivity contribution in [2.45, 2.75) is 39.5 Å². The highest BCUT2D eigenvalue weighted by Gasteiger charge is 2.46. The van der Waals surface area contributed by atoms with Crippen LogP contribution in [0.15, 0.2) is 60.7 Å². The first-order valence-electron chi connectivity index (χ1n) is 8.28. The summed E-state index contributed by atoms with van der Waals surface area (Å²) in [6, 6.07) is 22.1. The highest BCUT2D eigenvalue weighted by atomic mass is 14.5. The largest absolute Gasteiger partial charge is 0.0622 e. The molecule has 1 saturated carbocycles. The predicted octanol–water partition coefficient (Wildman–Crippen LogP) is 5.52. The fourth-order valence-corrected chi connectivity index (χ4v) is 3.84. The third-order valence-corrected chi connectivity index (χ3v) is 5.29. The van der Waals surface area contributed by atoms with Crippen molar-refractivity contribution in [3.05, 3.63) is 71.8 Å². The van der Waals surface area contributed by atoms with Gasteiger partial charge in [-0.1, -0.05) is 74.5 Å². The van der Waals surface area contributed by atoms with Crippen molar-refractivity contribution >= 4 is 0 Å². The van der Waals surface area contributed by atoms with Gasteiger partial charge in [-0.25, -0.2) is 0 Å². The van der Waals surface area contributed by atoms with Crippen LogP contribution in [-0.4, -0.2) is 0 Å². The lowest BCUT2D eigenvalue weighted by molar-refractivity contribution is 0.147. The lowest BCUT2D eigenvalue weighted by Gasteiger charge is -2.39. The molecule has 1 aliphatic rings. The van der Waals surface area contributed by atoms with E-state index >= 15 is 0 Å². The lowest BCUT2D eigenvalue weighted by Crippen LogP contribution is -2.35. The van der Waals surface area contributed by atoms with Gasteiger partial charge >= 0.3 is 0 Å². The topological polar surface area (TPSA) is 0 Å². The monoisotopic (exact) mass is 278 g/mol. The minimum atomic E-state index is 0.419. The molecule has 0 heteroatoms. The molecule has 0 aliphatic heterocycles. The second kappa shape index (κ2) is 6.05. The highest BCUT2D eigenvalue weighted by Crippen LogP contribution is 2.53. The Bertz CT molecular complexity index is 504. The summed E-state index contributed by atoms with van der Waals surface area (Å²) in [4.78, 5) is 0. The van der Waals surface area contributed by atoms with Gasteiger partial charge in [-0.05, 0) is 54.1 Å². The van der Waals surface area contributed by atoms with Crippen molar-refractivity contribution < 1.29 is 0 Å². The van der Waals surface area contributed by atoms with Gasteiger partial charge in [0.15, 0.2) is 0 Å². The van der Waals surface area contributed by atoms with Crippen LogP contribution in [0.5, 0.6) is 0 Å². The normalized spacial score (nSPS) is 15.4. The Morgan fingerprint density at radius 2 is 1.24 bits per heavy atom. The molecule has 0 radical (unpaired) electrons. The third kappa shape index (κ3) is 3.20. The average Bonchev–Trinajstić information content (AvgIpc) is 3.33. The number of hydrogen-bond acceptors (Lipinski definition) is 0. The van der Waals surface area contributed by atoms with E-state index in [1.165, 1.54) is 36.8 Å². The Morgan fingerprint density at radius 1 is 0.810 bits per heavy atom. The molecule has 0 amide bonds. The molecule has 0 unspecified atom stereocenters. The minimum absolute atomic E-state index is 0.419. The maximum absolute atomic E-state index is 2.42. The molecule has 0 heterocycles. The minimum Gasteiger partial charge on any atom is -0.0622 e. The molecule has 0 saturated heterocycles. The summed E-state index contributed by atoms with van der Waals surface area (Å²) in [5.74, 6) is 1.61. The van der Waals surface area contributed by atoms with E-state index in [1.54, 1.807) is 0 Å². The molecule has 2 aromatic carbocycles. The molecule has 1 aliphatic carbocycles. The summed E-state index contributed by atoms with van der Waals surface area (Å²) in [6.45, 7) is 4.84. The Balaban J connectivity index is 1.90. The number of hydrogen-bond donors (Lipinski definition) is 0. The molecule has 110 valence electrons. The Labute approximate surface area is 129 Å². The molecule has 0 atom stereocenters. The first kappa shape index (κ1) is 14.4. The van der Waals surface area contributed by atoms with E-state index in [0.717, 1.165) is 5.92 Å². The smallest absolute Gasteiger partial charge is 0.0165 e. The van der Waals surface area contributed by atoms with Crippen LogP contribution in [0.2, 0.25) is 0 Å². The van der Waals surface area contributed by atoms with Crippen molar-refractivity contribution in [3.63, 3.8) is 0 Å². The maximum atomic E-state index is 2.42. The van der Waals surface area contributed by atoms with E-state index in [2.05, 4.69) is 74.5 Å².